The van der Waals surface area contributed by atoms with Gasteiger partial charge in [-0.2, -0.15) is 0 Å². The first-order valence-electron chi connectivity index (χ1n) is 18.6. The van der Waals surface area contributed by atoms with Crippen LogP contribution in [0.4, 0.5) is 9.59 Å². The Kier molecular flexibility index (Phi) is 11.7. The van der Waals surface area contributed by atoms with Gasteiger partial charge in [0.05, 0.1) is 50.1 Å². The van der Waals surface area contributed by atoms with Gasteiger partial charge in [0.1, 0.15) is 23.7 Å². The number of alkyl carbamates (subject to hydrolysis) is 2. The lowest BCUT2D eigenvalue weighted by Crippen LogP contribution is -2.51. The number of hydrogen-bond donors (Lipinski definition) is 4. The molecule has 6 rings (SSSR count). The van der Waals surface area contributed by atoms with Crippen molar-refractivity contribution in [3.8, 4) is 33.6 Å². The van der Waals surface area contributed by atoms with Crippen LogP contribution in [0.2, 0.25) is 0 Å². The molecule has 2 aliphatic heterocycles. The minimum atomic E-state index is -0.687. The Morgan fingerprint density at radius 1 is 0.630 bits per heavy atom. The third kappa shape index (κ3) is 8.12. The molecular weight excluding hydrogens is 688 g/mol. The minimum absolute atomic E-state index is 0.104. The molecule has 0 radical (unpaired) electrons. The lowest BCUT2D eigenvalue weighted by Gasteiger charge is -2.30. The summed E-state index contributed by atoms with van der Waals surface area (Å²) in [6, 6.07) is 14.7. The predicted octanol–water partition coefficient (Wildman–Crippen LogP) is 6.22. The fourth-order valence-corrected chi connectivity index (χ4v) is 7.38. The summed E-state index contributed by atoms with van der Waals surface area (Å²) < 4.78 is 9.50. The number of amides is 4. The van der Waals surface area contributed by atoms with Gasteiger partial charge in [-0.25, -0.2) is 19.6 Å². The van der Waals surface area contributed by atoms with Gasteiger partial charge < -0.3 is 39.9 Å². The zero-order valence-corrected chi connectivity index (χ0v) is 31.7. The van der Waals surface area contributed by atoms with E-state index in [1.165, 1.54) is 14.2 Å². The van der Waals surface area contributed by atoms with Crippen LogP contribution < -0.4 is 10.6 Å². The maximum atomic E-state index is 13.5. The summed E-state index contributed by atoms with van der Waals surface area (Å²) in [6.07, 6.45) is 5.61. The van der Waals surface area contributed by atoms with Crippen molar-refractivity contribution in [1.82, 2.24) is 40.4 Å². The highest BCUT2D eigenvalue weighted by molar-refractivity contribution is 5.87. The third-order valence-electron chi connectivity index (χ3n) is 10.4. The molecule has 2 aromatic carbocycles. The van der Waals surface area contributed by atoms with Gasteiger partial charge in [-0.1, -0.05) is 76.2 Å². The van der Waals surface area contributed by atoms with E-state index < -0.39 is 24.3 Å². The van der Waals surface area contributed by atoms with Crippen molar-refractivity contribution < 1.29 is 28.7 Å². The number of methoxy groups -OCH3 is 2. The number of rotatable bonds is 11. The zero-order chi connectivity index (χ0) is 38.5. The minimum Gasteiger partial charge on any atom is -0.453 e. The summed E-state index contributed by atoms with van der Waals surface area (Å²) >= 11 is 0. The molecule has 54 heavy (non-hydrogen) atoms. The SMILES string of the molecule is COC(=O)NC(C(=O)N1CCCC1c1ncc(-c2ccc(-c3ccc(-c4cnc(C5CCCN5C(=O)[C@@H](NC(=O)OC)C(C)C)[nH]4)cc3)cc2)[nH]1)C(C)C. The Labute approximate surface area is 315 Å². The van der Waals surface area contributed by atoms with Crippen LogP contribution in [-0.4, -0.2) is 93.1 Å². The molecule has 0 bridgehead atoms. The van der Waals surface area contributed by atoms with Crippen LogP contribution >= 0.6 is 0 Å². The van der Waals surface area contributed by atoms with Gasteiger partial charge in [0, 0.05) is 13.1 Å². The van der Waals surface area contributed by atoms with E-state index in [0.717, 1.165) is 71.0 Å². The molecular formula is C40H50N8O6. The molecule has 2 aromatic heterocycles. The Bertz CT molecular complexity index is 1800. The summed E-state index contributed by atoms with van der Waals surface area (Å²) in [5, 5.41) is 5.38. The topological polar surface area (TPSA) is 175 Å². The van der Waals surface area contributed by atoms with Gasteiger partial charge in [0.25, 0.3) is 0 Å². The zero-order valence-electron chi connectivity index (χ0n) is 31.7. The molecule has 2 saturated heterocycles. The van der Waals surface area contributed by atoms with Crippen LogP contribution in [-0.2, 0) is 19.1 Å². The van der Waals surface area contributed by atoms with Crippen LogP contribution in [0, 0.1) is 11.8 Å². The highest BCUT2D eigenvalue weighted by atomic mass is 16.5. The highest BCUT2D eigenvalue weighted by Gasteiger charge is 2.39. The summed E-state index contributed by atoms with van der Waals surface area (Å²) in [7, 11) is 2.58. The van der Waals surface area contributed by atoms with E-state index in [2.05, 4.69) is 54.8 Å². The Morgan fingerprint density at radius 2 is 0.981 bits per heavy atom. The molecule has 4 atom stereocenters. The molecule has 0 aliphatic carbocycles. The van der Waals surface area contributed by atoms with Gasteiger partial charge in [-0.3, -0.25) is 9.59 Å². The van der Waals surface area contributed by atoms with Crippen LogP contribution in [0.25, 0.3) is 33.6 Å². The van der Waals surface area contributed by atoms with Crippen molar-refractivity contribution in [2.45, 2.75) is 77.5 Å². The normalized spacial score (nSPS) is 18.1. The molecule has 3 unspecified atom stereocenters. The van der Waals surface area contributed by atoms with Gasteiger partial charge in [0.2, 0.25) is 11.8 Å². The van der Waals surface area contributed by atoms with E-state index in [1.807, 2.05) is 52.0 Å². The maximum Gasteiger partial charge on any atom is 0.407 e. The molecule has 2 fully saturated rings. The lowest BCUT2D eigenvalue weighted by atomic mass is 10.0. The third-order valence-corrected chi connectivity index (χ3v) is 10.4. The first kappa shape index (κ1) is 38.1. The van der Waals surface area contributed by atoms with E-state index in [1.54, 1.807) is 22.2 Å². The number of H-pyrrole nitrogens is 2. The summed E-state index contributed by atoms with van der Waals surface area (Å²) in [5.74, 6) is 0.955. The molecule has 2 aliphatic rings. The molecule has 4 N–H and O–H groups in total. The second-order valence-corrected chi connectivity index (χ2v) is 14.6. The van der Waals surface area contributed by atoms with Crippen molar-refractivity contribution in [1.29, 1.82) is 0 Å². The average molecular weight is 739 g/mol. The molecule has 286 valence electrons. The molecule has 4 amide bonds. The fourth-order valence-electron chi connectivity index (χ4n) is 7.38. The average Bonchev–Trinajstić information content (AvgIpc) is 4.02. The number of imidazole rings is 2. The molecule has 14 nitrogen and oxygen atoms in total. The molecule has 0 saturated carbocycles. The predicted molar refractivity (Wildman–Crippen MR) is 203 cm³/mol. The largest absolute Gasteiger partial charge is 0.453 e. The van der Waals surface area contributed by atoms with Crippen molar-refractivity contribution >= 4 is 24.0 Å². The summed E-state index contributed by atoms with van der Waals surface area (Å²) in [4.78, 5) is 70.7. The number of carbonyl (C=O) groups is 4. The number of aromatic amines is 2. The van der Waals surface area contributed by atoms with Crippen molar-refractivity contribution in [3.05, 3.63) is 72.6 Å². The van der Waals surface area contributed by atoms with E-state index in [4.69, 9.17) is 9.47 Å². The lowest BCUT2D eigenvalue weighted by molar-refractivity contribution is -0.136. The number of likely N-dealkylation sites (tertiary alicyclic amines) is 2. The van der Waals surface area contributed by atoms with Gasteiger partial charge in [-0.15, -0.1) is 0 Å². The number of hydrogen-bond acceptors (Lipinski definition) is 8. The number of nitrogens with one attached hydrogen (secondary N) is 4. The number of carbonyl (C=O) groups excluding carboxylic acids is 4. The Balaban J connectivity index is 1.11. The molecule has 4 aromatic rings. The smallest absolute Gasteiger partial charge is 0.407 e. The number of benzene rings is 2. The van der Waals surface area contributed by atoms with Gasteiger partial charge in [0.15, 0.2) is 0 Å². The standard InChI is InChI=1S/C40H50N8O6/c1-23(2)33(45-39(51)53-5)37(49)47-19-7-9-31(47)35-41-21-29(43-35)27-15-11-25(12-16-27)26-13-17-28(18-14-26)30-22-42-36(44-30)32-10-8-20-48(32)38(50)34(24(3)4)46-40(52)54-6/h11-18,21-24,31-34H,7-10,19-20H2,1-6H3,(H,41,43)(H,42,44)(H,45,51)(H,46,52)/t31?,32?,33-,34?/m0/s1. The second-order valence-electron chi connectivity index (χ2n) is 14.6. The van der Waals surface area contributed by atoms with Crippen LogP contribution in [0.3, 0.4) is 0 Å². The van der Waals surface area contributed by atoms with Crippen molar-refractivity contribution in [2.75, 3.05) is 27.3 Å². The monoisotopic (exact) mass is 738 g/mol. The Morgan fingerprint density at radius 3 is 1.31 bits per heavy atom. The van der Waals surface area contributed by atoms with Crippen LogP contribution in [0.1, 0.15) is 77.1 Å². The molecule has 4 heterocycles. The number of ether oxygens (including phenoxy) is 2. The summed E-state index contributed by atoms with van der Waals surface area (Å²) in [6.45, 7) is 8.78. The fraction of sp³-hybridized carbons (Fsp3) is 0.450. The van der Waals surface area contributed by atoms with E-state index >= 15 is 0 Å². The quantitative estimate of drug-likeness (QED) is 0.140. The summed E-state index contributed by atoms with van der Waals surface area (Å²) in [5.41, 5.74) is 5.78. The van der Waals surface area contributed by atoms with Gasteiger partial charge in [-0.05, 0) is 59.8 Å². The van der Waals surface area contributed by atoms with Gasteiger partial charge >= 0.3 is 12.2 Å². The van der Waals surface area contributed by atoms with E-state index in [9.17, 15) is 19.2 Å². The molecule has 0 spiro atoms. The first-order chi connectivity index (χ1) is 26.0. The second kappa shape index (κ2) is 16.6. The van der Waals surface area contributed by atoms with E-state index in [-0.39, 0.29) is 35.7 Å². The van der Waals surface area contributed by atoms with Crippen molar-refractivity contribution in [3.63, 3.8) is 0 Å². The highest BCUT2D eigenvalue weighted by Crippen LogP contribution is 2.35. The van der Waals surface area contributed by atoms with Crippen molar-refractivity contribution in [2.24, 2.45) is 11.8 Å². The molecule has 14 heteroatoms. The Hall–Kier alpha value is -5.66. The number of nitrogens with zero attached hydrogens (tertiary/aromatic N) is 4. The first-order valence-corrected chi connectivity index (χ1v) is 18.6. The van der Waals surface area contributed by atoms with Crippen LogP contribution in [0.15, 0.2) is 60.9 Å². The van der Waals surface area contributed by atoms with E-state index in [0.29, 0.717) is 13.1 Å². The number of aromatic nitrogens is 4. The van der Waals surface area contributed by atoms with Crippen LogP contribution in [0.5, 0.6) is 0 Å². The maximum absolute atomic E-state index is 13.5.